The van der Waals surface area contributed by atoms with Gasteiger partial charge < -0.3 is 4.57 Å². The van der Waals surface area contributed by atoms with Crippen LogP contribution in [0.5, 0.6) is 0 Å². The van der Waals surface area contributed by atoms with E-state index in [0.29, 0.717) is 0 Å². The maximum Gasteiger partial charge on any atom is 0.101 e. The van der Waals surface area contributed by atoms with E-state index in [2.05, 4.69) is 17.6 Å². The van der Waals surface area contributed by atoms with E-state index < -0.39 is 0 Å². The van der Waals surface area contributed by atoms with E-state index in [1.165, 1.54) is 19.3 Å². The zero-order valence-electron chi connectivity index (χ0n) is 7.45. The zero-order valence-corrected chi connectivity index (χ0v) is 7.45. The topological polar surface area (TPSA) is 28.7 Å². The SMILES string of the molecule is CCCCCn1ccc(C#N)c1. The third-order valence-corrected chi connectivity index (χ3v) is 1.90. The van der Waals surface area contributed by atoms with Crippen molar-refractivity contribution in [3.05, 3.63) is 24.0 Å². The Morgan fingerprint density at radius 1 is 1.50 bits per heavy atom. The third-order valence-electron chi connectivity index (χ3n) is 1.90. The van der Waals surface area contributed by atoms with E-state index in [9.17, 15) is 0 Å². The van der Waals surface area contributed by atoms with Crippen molar-refractivity contribution in [2.75, 3.05) is 0 Å². The molecular formula is C10H14N2. The smallest absolute Gasteiger partial charge is 0.101 e. The lowest BCUT2D eigenvalue weighted by Crippen LogP contribution is -1.93. The summed E-state index contributed by atoms with van der Waals surface area (Å²) in [5, 5.41) is 8.56. The Morgan fingerprint density at radius 2 is 2.33 bits per heavy atom. The summed E-state index contributed by atoms with van der Waals surface area (Å²) in [6.07, 6.45) is 7.58. The van der Waals surface area contributed by atoms with E-state index >= 15 is 0 Å². The van der Waals surface area contributed by atoms with Gasteiger partial charge in [0.1, 0.15) is 6.07 Å². The molecule has 0 aliphatic carbocycles. The molecule has 0 fully saturated rings. The van der Waals surface area contributed by atoms with Gasteiger partial charge in [0.25, 0.3) is 0 Å². The largest absolute Gasteiger partial charge is 0.353 e. The maximum absolute atomic E-state index is 8.56. The fraction of sp³-hybridized carbons (Fsp3) is 0.500. The van der Waals surface area contributed by atoms with Crippen LogP contribution in [0.25, 0.3) is 0 Å². The minimum absolute atomic E-state index is 0.756. The van der Waals surface area contributed by atoms with Crippen LogP contribution in [0.4, 0.5) is 0 Å². The predicted molar refractivity (Wildman–Crippen MR) is 48.7 cm³/mol. The van der Waals surface area contributed by atoms with Crippen molar-refractivity contribution < 1.29 is 0 Å². The lowest BCUT2D eigenvalue weighted by Gasteiger charge is -1.99. The van der Waals surface area contributed by atoms with Gasteiger partial charge in [-0.15, -0.1) is 0 Å². The third kappa shape index (κ3) is 2.43. The predicted octanol–water partition coefficient (Wildman–Crippen LogP) is 2.55. The molecule has 2 nitrogen and oxygen atoms in total. The van der Waals surface area contributed by atoms with Crippen LogP contribution in [0.3, 0.4) is 0 Å². The van der Waals surface area contributed by atoms with E-state index in [1.807, 2.05) is 18.5 Å². The highest BCUT2D eigenvalue weighted by Crippen LogP contribution is 2.02. The van der Waals surface area contributed by atoms with Crippen molar-refractivity contribution in [1.82, 2.24) is 4.57 Å². The molecule has 12 heavy (non-hydrogen) atoms. The van der Waals surface area contributed by atoms with Gasteiger partial charge in [0, 0.05) is 18.9 Å². The van der Waals surface area contributed by atoms with Crippen molar-refractivity contribution in [1.29, 1.82) is 5.26 Å². The van der Waals surface area contributed by atoms with E-state index in [0.717, 1.165) is 12.1 Å². The van der Waals surface area contributed by atoms with Crippen molar-refractivity contribution in [2.45, 2.75) is 32.7 Å². The Labute approximate surface area is 73.4 Å². The van der Waals surface area contributed by atoms with Crippen LogP contribution in [0.1, 0.15) is 31.7 Å². The number of hydrogen-bond acceptors (Lipinski definition) is 1. The summed E-state index contributed by atoms with van der Waals surface area (Å²) in [6, 6.07) is 3.97. The van der Waals surface area contributed by atoms with Crippen LogP contribution in [0.15, 0.2) is 18.5 Å². The fourth-order valence-corrected chi connectivity index (χ4v) is 1.19. The minimum Gasteiger partial charge on any atom is -0.353 e. The van der Waals surface area contributed by atoms with Crippen molar-refractivity contribution in [3.8, 4) is 6.07 Å². The summed E-state index contributed by atoms with van der Waals surface area (Å²) < 4.78 is 2.08. The second-order valence-corrected chi connectivity index (χ2v) is 2.96. The molecule has 0 aliphatic heterocycles. The molecule has 0 saturated carbocycles. The number of nitrogens with zero attached hydrogens (tertiary/aromatic N) is 2. The number of unbranched alkanes of at least 4 members (excludes halogenated alkanes) is 2. The van der Waals surface area contributed by atoms with Gasteiger partial charge >= 0.3 is 0 Å². The number of aryl methyl sites for hydroxylation is 1. The molecule has 0 aromatic carbocycles. The maximum atomic E-state index is 8.56. The Bertz CT molecular complexity index is 268. The first kappa shape index (κ1) is 8.86. The molecule has 1 rings (SSSR count). The normalized spacial score (nSPS) is 9.67. The molecule has 1 aromatic rings. The summed E-state index contributed by atoms with van der Waals surface area (Å²) >= 11 is 0. The van der Waals surface area contributed by atoms with Gasteiger partial charge in [0.2, 0.25) is 0 Å². The van der Waals surface area contributed by atoms with Crippen LogP contribution in [-0.4, -0.2) is 4.57 Å². The average molecular weight is 162 g/mol. The second kappa shape index (κ2) is 4.61. The molecule has 64 valence electrons. The van der Waals surface area contributed by atoms with E-state index in [4.69, 9.17) is 5.26 Å². The summed E-state index contributed by atoms with van der Waals surface area (Å²) in [4.78, 5) is 0. The summed E-state index contributed by atoms with van der Waals surface area (Å²) in [7, 11) is 0. The lowest BCUT2D eigenvalue weighted by atomic mass is 10.2. The van der Waals surface area contributed by atoms with Crippen LogP contribution < -0.4 is 0 Å². The molecule has 0 N–H and O–H groups in total. The molecule has 0 spiro atoms. The first-order chi connectivity index (χ1) is 5.86. The highest BCUT2D eigenvalue weighted by atomic mass is 14.9. The van der Waals surface area contributed by atoms with Crippen LogP contribution in [0, 0.1) is 11.3 Å². The first-order valence-electron chi connectivity index (χ1n) is 4.42. The first-order valence-corrected chi connectivity index (χ1v) is 4.42. The van der Waals surface area contributed by atoms with Gasteiger partial charge in [-0.05, 0) is 12.5 Å². The number of hydrogen-bond donors (Lipinski definition) is 0. The molecule has 1 heterocycles. The minimum atomic E-state index is 0.756. The number of rotatable bonds is 4. The molecule has 0 unspecified atom stereocenters. The van der Waals surface area contributed by atoms with Crippen molar-refractivity contribution in [3.63, 3.8) is 0 Å². The highest BCUT2D eigenvalue weighted by Gasteiger charge is 1.93. The van der Waals surface area contributed by atoms with Gasteiger partial charge in [-0.3, -0.25) is 0 Å². The molecule has 0 amide bonds. The number of aromatic nitrogens is 1. The quantitative estimate of drug-likeness (QED) is 0.625. The fourth-order valence-electron chi connectivity index (χ4n) is 1.19. The molecule has 0 aliphatic rings. The van der Waals surface area contributed by atoms with Gasteiger partial charge in [-0.1, -0.05) is 19.8 Å². The molecule has 0 saturated heterocycles. The van der Waals surface area contributed by atoms with Gasteiger partial charge in [-0.2, -0.15) is 5.26 Å². The standard InChI is InChI=1S/C10H14N2/c1-2-3-4-6-12-7-5-10(8-11)9-12/h5,7,9H,2-4,6H2,1H3. The lowest BCUT2D eigenvalue weighted by molar-refractivity contribution is 0.604. The molecule has 0 atom stereocenters. The Kier molecular flexibility index (Phi) is 3.40. The van der Waals surface area contributed by atoms with Gasteiger partial charge in [0.15, 0.2) is 0 Å². The van der Waals surface area contributed by atoms with Crippen molar-refractivity contribution >= 4 is 0 Å². The van der Waals surface area contributed by atoms with Crippen LogP contribution in [0.2, 0.25) is 0 Å². The second-order valence-electron chi connectivity index (χ2n) is 2.96. The molecule has 1 aromatic heterocycles. The molecule has 0 bridgehead atoms. The van der Waals surface area contributed by atoms with E-state index in [1.54, 1.807) is 0 Å². The summed E-state index contributed by atoms with van der Waals surface area (Å²) in [6.45, 7) is 3.23. The Hall–Kier alpha value is -1.23. The van der Waals surface area contributed by atoms with Gasteiger partial charge in [-0.25, -0.2) is 0 Å². The van der Waals surface area contributed by atoms with Gasteiger partial charge in [0.05, 0.1) is 5.56 Å². The molecular weight excluding hydrogens is 148 g/mol. The zero-order chi connectivity index (χ0) is 8.81. The molecule has 2 heteroatoms. The Morgan fingerprint density at radius 3 is 2.92 bits per heavy atom. The summed E-state index contributed by atoms with van der Waals surface area (Å²) in [5.41, 5.74) is 0.756. The molecule has 0 radical (unpaired) electrons. The van der Waals surface area contributed by atoms with Crippen LogP contribution >= 0.6 is 0 Å². The van der Waals surface area contributed by atoms with Crippen LogP contribution in [-0.2, 0) is 6.54 Å². The summed E-state index contributed by atoms with van der Waals surface area (Å²) in [5.74, 6) is 0. The Balaban J connectivity index is 2.38. The number of nitriles is 1. The monoisotopic (exact) mass is 162 g/mol. The van der Waals surface area contributed by atoms with E-state index in [-0.39, 0.29) is 0 Å². The highest BCUT2D eigenvalue weighted by molar-refractivity contribution is 5.25. The average Bonchev–Trinajstić information content (AvgIpc) is 2.53. The van der Waals surface area contributed by atoms with Crippen molar-refractivity contribution in [2.24, 2.45) is 0 Å².